The van der Waals surface area contributed by atoms with Crippen LogP contribution in [0.15, 0.2) is 29.0 Å². The van der Waals surface area contributed by atoms with Crippen LogP contribution in [0.3, 0.4) is 0 Å². The summed E-state index contributed by atoms with van der Waals surface area (Å²) in [4.78, 5) is 19.0. The molecule has 0 spiro atoms. The summed E-state index contributed by atoms with van der Waals surface area (Å²) in [5, 5.41) is 7.31. The summed E-state index contributed by atoms with van der Waals surface area (Å²) >= 11 is 3.56. The number of H-pyrrole nitrogens is 1. The molecule has 22 heavy (non-hydrogen) atoms. The van der Waals surface area contributed by atoms with Gasteiger partial charge in [0.1, 0.15) is 0 Å². The van der Waals surface area contributed by atoms with E-state index >= 15 is 0 Å². The zero-order chi connectivity index (χ0) is 15.1. The molecule has 0 atom stereocenters. The summed E-state index contributed by atoms with van der Waals surface area (Å²) in [6.07, 6.45) is 8.07. The highest BCUT2D eigenvalue weighted by Gasteiger charge is 2.37. The van der Waals surface area contributed by atoms with Crippen LogP contribution in [0.1, 0.15) is 53.3 Å². The number of pyridine rings is 1. The van der Waals surface area contributed by atoms with Crippen LogP contribution in [-0.2, 0) is 6.54 Å². The molecule has 2 aromatic rings. The Balaban J connectivity index is 1.58. The van der Waals surface area contributed by atoms with Crippen molar-refractivity contribution in [3.63, 3.8) is 0 Å². The minimum absolute atomic E-state index is 0.00128. The number of amides is 1. The van der Waals surface area contributed by atoms with Crippen LogP contribution in [0.2, 0.25) is 0 Å². The third-order valence-corrected chi connectivity index (χ3v) is 5.05. The predicted octanol–water partition coefficient (Wildman–Crippen LogP) is 3.25. The van der Waals surface area contributed by atoms with Crippen LogP contribution in [0.5, 0.6) is 0 Å². The zero-order valence-corrected chi connectivity index (χ0v) is 13.7. The second-order valence-electron chi connectivity index (χ2n) is 6.10. The highest BCUT2D eigenvalue weighted by atomic mass is 79.9. The number of aromatic amines is 1. The number of halogens is 1. The molecule has 4 rings (SSSR count). The van der Waals surface area contributed by atoms with Crippen molar-refractivity contribution in [3.8, 4) is 0 Å². The van der Waals surface area contributed by atoms with E-state index < -0.39 is 0 Å². The lowest BCUT2D eigenvalue weighted by Crippen LogP contribution is -2.33. The van der Waals surface area contributed by atoms with Crippen molar-refractivity contribution in [2.24, 2.45) is 0 Å². The van der Waals surface area contributed by atoms with E-state index in [0.717, 1.165) is 28.6 Å². The van der Waals surface area contributed by atoms with E-state index in [4.69, 9.17) is 0 Å². The van der Waals surface area contributed by atoms with E-state index in [0.29, 0.717) is 24.2 Å². The first kappa shape index (κ1) is 13.9. The molecule has 0 radical (unpaired) electrons. The van der Waals surface area contributed by atoms with Crippen LogP contribution < -0.4 is 0 Å². The fraction of sp³-hybridized carbons (Fsp3) is 0.438. The van der Waals surface area contributed by atoms with Crippen LogP contribution >= 0.6 is 15.9 Å². The summed E-state index contributed by atoms with van der Waals surface area (Å²) in [5.41, 5.74) is 2.63. The number of carbonyl (C=O) groups is 1. The van der Waals surface area contributed by atoms with Crippen molar-refractivity contribution in [3.05, 3.63) is 46.0 Å². The first-order valence-corrected chi connectivity index (χ1v) is 8.47. The molecule has 2 aromatic heterocycles. The Bertz CT molecular complexity index is 691. The van der Waals surface area contributed by atoms with Gasteiger partial charge in [0.05, 0.1) is 10.2 Å². The van der Waals surface area contributed by atoms with Gasteiger partial charge in [-0.1, -0.05) is 6.07 Å². The number of aromatic nitrogens is 3. The lowest BCUT2D eigenvalue weighted by molar-refractivity contribution is 0.0723. The molecular weight excluding hydrogens is 344 g/mol. The third kappa shape index (κ3) is 2.67. The maximum Gasteiger partial charge on any atom is 0.276 e. The van der Waals surface area contributed by atoms with E-state index in [9.17, 15) is 4.79 Å². The maximum absolute atomic E-state index is 12.9. The average molecular weight is 361 g/mol. The maximum atomic E-state index is 12.9. The van der Waals surface area contributed by atoms with Crippen LogP contribution in [0.4, 0.5) is 0 Å². The molecule has 6 heteroatoms. The van der Waals surface area contributed by atoms with Crippen molar-refractivity contribution >= 4 is 21.8 Å². The van der Waals surface area contributed by atoms with Gasteiger partial charge in [0.25, 0.3) is 5.91 Å². The van der Waals surface area contributed by atoms with Crippen LogP contribution in [-0.4, -0.2) is 32.0 Å². The molecule has 2 heterocycles. The monoisotopic (exact) mass is 360 g/mol. The molecule has 0 saturated heterocycles. The summed E-state index contributed by atoms with van der Waals surface area (Å²) in [6.45, 7) is 0.593. The van der Waals surface area contributed by atoms with Gasteiger partial charge < -0.3 is 4.90 Å². The van der Waals surface area contributed by atoms with Gasteiger partial charge in [0, 0.05) is 30.9 Å². The summed E-state index contributed by atoms with van der Waals surface area (Å²) in [5.74, 6) is 0.539. The molecule has 1 N–H and O–H groups in total. The quantitative estimate of drug-likeness (QED) is 0.889. The fourth-order valence-electron chi connectivity index (χ4n) is 2.70. The van der Waals surface area contributed by atoms with Gasteiger partial charge >= 0.3 is 0 Å². The van der Waals surface area contributed by atoms with E-state index in [2.05, 4.69) is 31.1 Å². The largest absolute Gasteiger partial charge is 0.330 e. The van der Waals surface area contributed by atoms with Crippen molar-refractivity contribution in [1.82, 2.24) is 20.1 Å². The molecule has 114 valence electrons. The lowest BCUT2D eigenvalue weighted by atomic mass is 10.2. The molecule has 0 unspecified atom stereocenters. The third-order valence-electron chi connectivity index (χ3n) is 4.24. The smallest absolute Gasteiger partial charge is 0.276 e. The second-order valence-corrected chi connectivity index (χ2v) is 6.89. The number of hydrogen-bond donors (Lipinski definition) is 1. The van der Waals surface area contributed by atoms with Crippen molar-refractivity contribution < 1.29 is 4.79 Å². The normalized spacial score (nSPS) is 17.5. The molecule has 2 saturated carbocycles. The molecule has 0 aliphatic heterocycles. The first-order chi connectivity index (χ1) is 10.7. The SMILES string of the molecule is O=C(c1n[nH]c(C2CC2)c1Br)N(Cc1cccnc1)C1CC1. The Morgan fingerprint density at radius 2 is 2.18 bits per heavy atom. The van der Waals surface area contributed by atoms with Gasteiger partial charge in [-0.2, -0.15) is 5.10 Å². The number of hydrogen-bond acceptors (Lipinski definition) is 3. The summed E-state index contributed by atoms with van der Waals surface area (Å²) in [7, 11) is 0. The molecular formula is C16H17BrN4O. The van der Waals surface area contributed by atoms with Gasteiger partial charge in [-0.3, -0.25) is 14.9 Å². The molecule has 5 nitrogen and oxygen atoms in total. The Morgan fingerprint density at radius 1 is 1.36 bits per heavy atom. The van der Waals surface area contributed by atoms with Crippen molar-refractivity contribution in [2.75, 3.05) is 0 Å². The number of nitrogens with zero attached hydrogens (tertiary/aromatic N) is 3. The highest BCUT2D eigenvalue weighted by molar-refractivity contribution is 9.10. The Kier molecular flexibility index (Phi) is 3.48. The van der Waals surface area contributed by atoms with Gasteiger partial charge in [0.2, 0.25) is 0 Å². The molecule has 2 aliphatic carbocycles. The Hall–Kier alpha value is -1.69. The van der Waals surface area contributed by atoms with Crippen LogP contribution in [0, 0.1) is 0 Å². The summed E-state index contributed by atoms with van der Waals surface area (Å²) < 4.78 is 0.844. The van der Waals surface area contributed by atoms with E-state index in [1.807, 2.05) is 23.2 Å². The van der Waals surface area contributed by atoms with Crippen molar-refractivity contribution in [2.45, 2.75) is 44.2 Å². The lowest BCUT2D eigenvalue weighted by Gasteiger charge is -2.21. The Labute approximate surface area is 137 Å². The van der Waals surface area contributed by atoms with Crippen LogP contribution in [0.25, 0.3) is 0 Å². The number of rotatable bonds is 5. The molecule has 2 aliphatic rings. The topological polar surface area (TPSA) is 61.9 Å². The van der Waals surface area contributed by atoms with Gasteiger partial charge in [-0.05, 0) is 53.2 Å². The molecule has 0 aromatic carbocycles. The van der Waals surface area contributed by atoms with Gasteiger partial charge in [-0.15, -0.1) is 0 Å². The summed E-state index contributed by atoms with van der Waals surface area (Å²) in [6, 6.07) is 4.24. The standard InChI is InChI=1S/C16H17BrN4O/c17-13-14(11-3-4-11)19-20-15(13)16(22)21(12-5-6-12)9-10-2-1-7-18-8-10/h1-2,7-8,11-12H,3-6,9H2,(H,19,20). The van der Waals surface area contributed by atoms with E-state index in [1.54, 1.807) is 6.20 Å². The minimum Gasteiger partial charge on any atom is -0.330 e. The average Bonchev–Trinajstić information content (AvgIpc) is 3.44. The molecule has 1 amide bonds. The van der Waals surface area contributed by atoms with E-state index in [-0.39, 0.29) is 5.91 Å². The fourth-order valence-corrected chi connectivity index (χ4v) is 3.37. The number of carbonyl (C=O) groups excluding carboxylic acids is 1. The highest BCUT2D eigenvalue weighted by Crippen LogP contribution is 2.43. The number of nitrogens with one attached hydrogen (secondary N) is 1. The first-order valence-electron chi connectivity index (χ1n) is 7.67. The van der Waals surface area contributed by atoms with E-state index in [1.165, 1.54) is 12.8 Å². The molecule has 0 bridgehead atoms. The van der Waals surface area contributed by atoms with Crippen molar-refractivity contribution in [1.29, 1.82) is 0 Å². The zero-order valence-electron chi connectivity index (χ0n) is 12.1. The van der Waals surface area contributed by atoms with Gasteiger partial charge in [-0.25, -0.2) is 0 Å². The minimum atomic E-state index is 0.00128. The molecule has 2 fully saturated rings. The predicted molar refractivity (Wildman–Crippen MR) is 85.4 cm³/mol. The second kappa shape index (κ2) is 5.50. The Morgan fingerprint density at radius 3 is 2.82 bits per heavy atom. The van der Waals surface area contributed by atoms with Gasteiger partial charge in [0.15, 0.2) is 5.69 Å².